The first kappa shape index (κ1) is 23.0. The summed E-state index contributed by atoms with van der Waals surface area (Å²) in [4.78, 5) is 15.5. The van der Waals surface area contributed by atoms with E-state index in [-0.39, 0.29) is 11.2 Å². The number of carbonyl (C=O) groups excluding carboxylic acids is 1. The third-order valence-electron chi connectivity index (χ3n) is 6.04. The second kappa shape index (κ2) is 8.62. The van der Waals surface area contributed by atoms with Crippen molar-refractivity contribution >= 4 is 46.2 Å². The number of hydrogen-bond donors (Lipinski definition) is 1. The van der Waals surface area contributed by atoms with E-state index in [2.05, 4.69) is 26.8 Å². The Morgan fingerprint density at radius 3 is 2.75 bits per heavy atom. The number of hydrogen-bond acceptors (Lipinski definition) is 6. The van der Waals surface area contributed by atoms with Gasteiger partial charge in [0.25, 0.3) is 0 Å². The van der Waals surface area contributed by atoms with E-state index in [0.29, 0.717) is 34.8 Å². The summed E-state index contributed by atoms with van der Waals surface area (Å²) < 4.78 is 1.13. The molecule has 1 aliphatic carbocycles. The molecule has 4 rings (SSSR count). The lowest BCUT2D eigenvalue weighted by molar-refractivity contribution is -0.118. The number of halogens is 1. The molecule has 4 nitrogen and oxygen atoms in total. The van der Waals surface area contributed by atoms with Gasteiger partial charge >= 0.3 is 0 Å². The zero-order valence-electron chi connectivity index (χ0n) is 18.7. The summed E-state index contributed by atoms with van der Waals surface area (Å²) in [6, 6.07) is 10.1. The number of ketones is 1. The number of thioether (sulfide) groups is 1. The number of anilines is 1. The van der Waals surface area contributed by atoms with Crippen LogP contribution in [0.4, 0.5) is 5.69 Å². The van der Waals surface area contributed by atoms with Crippen molar-refractivity contribution in [1.82, 2.24) is 0 Å². The van der Waals surface area contributed by atoms with E-state index in [0.717, 1.165) is 32.5 Å². The van der Waals surface area contributed by atoms with Crippen molar-refractivity contribution in [3.05, 3.63) is 68.5 Å². The predicted octanol–water partition coefficient (Wildman–Crippen LogP) is 6.76. The van der Waals surface area contributed by atoms with Crippen LogP contribution in [0.2, 0.25) is 5.02 Å². The maximum atomic E-state index is 13.6. The van der Waals surface area contributed by atoms with Gasteiger partial charge in [-0.05, 0) is 59.2 Å². The number of benzene rings is 1. The van der Waals surface area contributed by atoms with E-state index in [1.165, 1.54) is 0 Å². The molecule has 7 heteroatoms. The van der Waals surface area contributed by atoms with Crippen LogP contribution in [-0.4, -0.2) is 11.5 Å². The Bertz CT molecular complexity index is 1200. The van der Waals surface area contributed by atoms with Gasteiger partial charge in [-0.3, -0.25) is 9.69 Å². The second-order valence-corrected chi connectivity index (χ2v) is 11.9. The highest BCUT2D eigenvalue weighted by atomic mass is 35.5. The van der Waals surface area contributed by atoms with Crippen molar-refractivity contribution in [2.75, 3.05) is 10.7 Å². The van der Waals surface area contributed by atoms with Gasteiger partial charge in [0.15, 0.2) is 5.78 Å². The summed E-state index contributed by atoms with van der Waals surface area (Å²) in [6.45, 7) is 8.26. The van der Waals surface area contributed by atoms with Gasteiger partial charge in [-0.2, -0.15) is 5.26 Å². The minimum atomic E-state index is -0.434. The standard InChI is InChI=1S/C25H26ClN3OS2/c1-5-31-24-16(8-9-32-24)21-17(13-27)23(28)29(15-7-6-14(2)18(26)10-15)19-11-25(3,4)12-20(30)22(19)21/h6-10,21H,5,11-12,28H2,1-4H3/t21-/m0/s1. The first-order valence-electron chi connectivity index (χ1n) is 10.6. The Kier molecular flexibility index (Phi) is 6.19. The summed E-state index contributed by atoms with van der Waals surface area (Å²) in [5.74, 6) is 0.946. The smallest absolute Gasteiger partial charge is 0.162 e. The molecule has 2 N–H and O–H groups in total. The van der Waals surface area contributed by atoms with Crippen LogP contribution in [0.25, 0.3) is 0 Å². The average Bonchev–Trinajstić information content (AvgIpc) is 3.17. The Morgan fingerprint density at radius 1 is 1.34 bits per heavy atom. The molecular formula is C25H26ClN3OS2. The molecule has 1 aromatic heterocycles. The van der Waals surface area contributed by atoms with Gasteiger partial charge in [-0.15, -0.1) is 23.1 Å². The lowest BCUT2D eigenvalue weighted by Crippen LogP contribution is -2.42. The molecule has 2 aromatic rings. The van der Waals surface area contributed by atoms with E-state index in [1.807, 2.05) is 41.5 Å². The summed E-state index contributed by atoms with van der Waals surface area (Å²) in [6.07, 6.45) is 1.14. The zero-order valence-corrected chi connectivity index (χ0v) is 21.0. The molecule has 2 heterocycles. The third kappa shape index (κ3) is 3.87. The van der Waals surface area contributed by atoms with Crippen molar-refractivity contribution in [3.63, 3.8) is 0 Å². The molecule has 0 saturated heterocycles. The number of rotatable bonds is 4. The summed E-state index contributed by atoms with van der Waals surface area (Å²) in [5, 5.41) is 12.9. The van der Waals surface area contributed by atoms with Crippen molar-refractivity contribution in [2.24, 2.45) is 11.1 Å². The first-order valence-corrected chi connectivity index (χ1v) is 12.8. The molecule has 1 atom stereocenters. The van der Waals surface area contributed by atoms with Gasteiger partial charge in [0.05, 0.1) is 21.8 Å². The van der Waals surface area contributed by atoms with Gasteiger partial charge in [-0.1, -0.05) is 38.4 Å². The third-order valence-corrected chi connectivity index (χ3v) is 8.60. The fourth-order valence-corrected chi connectivity index (χ4v) is 6.85. The molecule has 0 spiro atoms. The van der Waals surface area contributed by atoms with E-state index in [9.17, 15) is 10.1 Å². The van der Waals surface area contributed by atoms with Gasteiger partial charge in [0.1, 0.15) is 5.82 Å². The van der Waals surface area contributed by atoms with Crippen LogP contribution >= 0.6 is 34.7 Å². The monoisotopic (exact) mass is 483 g/mol. The number of nitrogens with zero attached hydrogens (tertiary/aromatic N) is 2. The second-order valence-electron chi connectivity index (χ2n) is 9.01. The molecule has 0 unspecified atom stereocenters. The number of carbonyl (C=O) groups is 1. The highest BCUT2D eigenvalue weighted by Gasteiger charge is 2.45. The minimum absolute atomic E-state index is 0.0864. The largest absolute Gasteiger partial charge is 0.384 e. The van der Waals surface area contributed by atoms with Gasteiger partial charge in [0, 0.05) is 28.4 Å². The summed E-state index contributed by atoms with van der Waals surface area (Å²) >= 11 is 9.83. The Hall–Kier alpha value is -2.20. The van der Waals surface area contributed by atoms with Crippen LogP contribution in [-0.2, 0) is 4.79 Å². The fraction of sp³-hybridized carbons (Fsp3) is 0.360. The fourth-order valence-electron chi connectivity index (χ4n) is 4.60. The Balaban J connectivity index is 2.00. The Labute approximate surface area is 202 Å². The molecule has 0 amide bonds. The topological polar surface area (TPSA) is 70.1 Å². The Morgan fingerprint density at radius 2 is 2.09 bits per heavy atom. The van der Waals surface area contributed by atoms with E-state index in [1.54, 1.807) is 23.1 Å². The van der Waals surface area contributed by atoms with Crippen LogP contribution < -0.4 is 10.6 Å². The number of Topliss-reactive ketones (excluding diaryl/α,β-unsaturated/α-hetero) is 1. The van der Waals surface area contributed by atoms with Crippen LogP contribution in [0, 0.1) is 23.7 Å². The predicted molar refractivity (Wildman–Crippen MR) is 134 cm³/mol. The number of nitrogens with two attached hydrogens (primary N) is 1. The maximum Gasteiger partial charge on any atom is 0.162 e. The quantitative estimate of drug-likeness (QED) is 0.486. The van der Waals surface area contributed by atoms with Crippen molar-refractivity contribution in [3.8, 4) is 6.07 Å². The molecular weight excluding hydrogens is 458 g/mol. The van der Waals surface area contributed by atoms with Crippen LogP contribution in [0.5, 0.6) is 0 Å². The van der Waals surface area contributed by atoms with Gasteiger partial charge in [0.2, 0.25) is 0 Å². The van der Waals surface area contributed by atoms with Crippen molar-refractivity contribution in [1.29, 1.82) is 5.26 Å². The van der Waals surface area contributed by atoms with Gasteiger partial charge < -0.3 is 5.73 Å². The molecule has 2 aliphatic rings. The van der Waals surface area contributed by atoms with E-state index < -0.39 is 5.92 Å². The maximum absolute atomic E-state index is 13.6. The van der Waals surface area contributed by atoms with Crippen LogP contribution in [0.1, 0.15) is 50.7 Å². The lowest BCUT2D eigenvalue weighted by Gasteiger charge is -2.43. The lowest BCUT2D eigenvalue weighted by atomic mass is 9.69. The molecule has 0 saturated carbocycles. The van der Waals surface area contributed by atoms with Crippen LogP contribution in [0.3, 0.4) is 0 Å². The minimum Gasteiger partial charge on any atom is -0.384 e. The van der Waals surface area contributed by atoms with Gasteiger partial charge in [-0.25, -0.2) is 0 Å². The molecule has 32 heavy (non-hydrogen) atoms. The van der Waals surface area contributed by atoms with Crippen molar-refractivity contribution < 1.29 is 4.79 Å². The highest BCUT2D eigenvalue weighted by Crippen LogP contribution is 2.52. The molecule has 1 aromatic carbocycles. The molecule has 0 bridgehead atoms. The molecule has 0 fully saturated rings. The summed E-state index contributed by atoms with van der Waals surface area (Å²) in [5.41, 5.74) is 11.2. The number of aryl methyl sites for hydroxylation is 1. The molecule has 166 valence electrons. The number of allylic oxidation sites excluding steroid dienone is 3. The SMILES string of the molecule is CCSc1sccc1[C@H]1C(C#N)=C(N)N(c2ccc(C)c(Cl)c2)C2=C1C(=O)CC(C)(C)C2. The summed E-state index contributed by atoms with van der Waals surface area (Å²) in [7, 11) is 0. The first-order chi connectivity index (χ1) is 15.2. The number of thiophene rings is 1. The normalized spacial score (nSPS) is 20.4. The average molecular weight is 484 g/mol. The number of nitriles is 1. The zero-order chi connectivity index (χ0) is 23.2. The molecule has 1 aliphatic heterocycles. The van der Waals surface area contributed by atoms with E-state index >= 15 is 0 Å². The molecule has 0 radical (unpaired) electrons. The van der Waals surface area contributed by atoms with E-state index in [4.69, 9.17) is 17.3 Å². The van der Waals surface area contributed by atoms with Crippen molar-refractivity contribution in [2.45, 2.75) is 50.7 Å². The highest BCUT2D eigenvalue weighted by molar-refractivity contribution is 8.01. The van der Waals surface area contributed by atoms with Crippen LogP contribution in [0.15, 0.2) is 56.5 Å².